The van der Waals surface area contributed by atoms with Crippen molar-refractivity contribution in [1.29, 1.82) is 0 Å². The zero-order valence-electron chi connectivity index (χ0n) is 9.60. The van der Waals surface area contributed by atoms with Crippen molar-refractivity contribution >= 4 is 15.9 Å². The van der Waals surface area contributed by atoms with Crippen LogP contribution in [0.2, 0.25) is 0 Å². The Hall–Kier alpha value is -1.10. The van der Waals surface area contributed by atoms with Crippen LogP contribution in [0.25, 0.3) is 0 Å². The number of aryl methyl sites for hydroxylation is 1. The molecule has 5 heteroatoms. The van der Waals surface area contributed by atoms with Gasteiger partial charge in [-0.05, 0) is 30.9 Å². The number of halogens is 1. The van der Waals surface area contributed by atoms with Gasteiger partial charge in [-0.2, -0.15) is 8.42 Å². The molecule has 3 nitrogen and oxygen atoms in total. The van der Waals surface area contributed by atoms with Crippen molar-refractivity contribution in [1.82, 2.24) is 0 Å². The summed E-state index contributed by atoms with van der Waals surface area (Å²) in [5, 5.41) is 0. The van der Waals surface area contributed by atoms with Crippen molar-refractivity contribution < 1.29 is 12.3 Å². The normalized spacial score (nSPS) is 16.4. The minimum atomic E-state index is -4.38. The first-order chi connectivity index (χ1) is 8.06. The summed E-state index contributed by atoms with van der Waals surface area (Å²) >= 11 is 0. The SMILES string of the molecule is O=S(=O)(F)CCc1ccccc1N1CCCC1. The predicted molar refractivity (Wildman–Crippen MR) is 66.5 cm³/mol. The maximum atomic E-state index is 12.5. The molecule has 0 N–H and O–H groups in total. The van der Waals surface area contributed by atoms with Gasteiger partial charge in [-0.15, -0.1) is 3.89 Å². The molecule has 0 amide bonds. The van der Waals surface area contributed by atoms with E-state index in [4.69, 9.17) is 0 Å². The van der Waals surface area contributed by atoms with Crippen molar-refractivity contribution in [2.24, 2.45) is 0 Å². The summed E-state index contributed by atoms with van der Waals surface area (Å²) in [6.07, 6.45) is 2.57. The molecular formula is C12H16FNO2S. The van der Waals surface area contributed by atoms with Gasteiger partial charge >= 0.3 is 10.2 Å². The monoisotopic (exact) mass is 257 g/mol. The predicted octanol–water partition coefficient (Wildman–Crippen LogP) is 2.13. The molecule has 0 bridgehead atoms. The van der Waals surface area contributed by atoms with E-state index in [9.17, 15) is 12.3 Å². The lowest BCUT2D eigenvalue weighted by molar-refractivity contribution is 0.551. The van der Waals surface area contributed by atoms with Crippen LogP contribution in [0.5, 0.6) is 0 Å². The minimum Gasteiger partial charge on any atom is -0.371 e. The van der Waals surface area contributed by atoms with Crippen LogP contribution in [0.4, 0.5) is 9.57 Å². The molecule has 0 aromatic heterocycles. The van der Waals surface area contributed by atoms with Crippen LogP contribution in [0.15, 0.2) is 24.3 Å². The molecule has 1 aliphatic heterocycles. The van der Waals surface area contributed by atoms with Crippen molar-refractivity contribution in [3.8, 4) is 0 Å². The molecule has 0 unspecified atom stereocenters. The molecule has 0 aliphatic carbocycles. The van der Waals surface area contributed by atoms with Crippen LogP contribution in [-0.4, -0.2) is 27.3 Å². The van der Waals surface area contributed by atoms with Gasteiger partial charge in [0.1, 0.15) is 0 Å². The fraction of sp³-hybridized carbons (Fsp3) is 0.500. The molecule has 1 aromatic rings. The molecule has 1 heterocycles. The van der Waals surface area contributed by atoms with E-state index in [-0.39, 0.29) is 6.42 Å². The highest BCUT2D eigenvalue weighted by atomic mass is 32.3. The largest absolute Gasteiger partial charge is 0.371 e. The molecular weight excluding hydrogens is 241 g/mol. The first-order valence-corrected chi connectivity index (χ1v) is 7.37. The molecule has 0 saturated carbocycles. The lowest BCUT2D eigenvalue weighted by atomic mass is 10.1. The number of para-hydroxylation sites is 1. The van der Waals surface area contributed by atoms with Gasteiger partial charge < -0.3 is 4.90 Å². The molecule has 1 aromatic carbocycles. The van der Waals surface area contributed by atoms with Crippen molar-refractivity contribution in [3.05, 3.63) is 29.8 Å². The van der Waals surface area contributed by atoms with Gasteiger partial charge in [0.25, 0.3) is 0 Å². The average molecular weight is 257 g/mol. The van der Waals surface area contributed by atoms with E-state index in [0.29, 0.717) is 0 Å². The molecule has 94 valence electrons. The maximum absolute atomic E-state index is 12.5. The Balaban J connectivity index is 2.15. The fourth-order valence-corrected chi connectivity index (χ4v) is 2.68. The number of anilines is 1. The Morgan fingerprint density at radius 2 is 1.82 bits per heavy atom. The van der Waals surface area contributed by atoms with E-state index >= 15 is 0 Å². The van der Waals surface area contributed by atoms with E-state index in [1.165, 1.54) is 0 Å². The van der Waals surface area contributed by atoms with Gasteiger partial charge in [-0.1, -0.05) is 18.2 Å². The molecule has 2 rings (SSSR count). The van der Waals surface area contributed by atoms with E-state index in [2.05, 4.69) is 4.90 Å². The zero-order chi connectivity index (χ0) is 12.3. The second kappa shape index (κ2) is 5.04. The Morgan fingerprint density at radius 3 is 2.47 bits per heavy atom. The first-order valence-electron chi connectivity index (χ1n) is 5.81. The van der Waals surface area contributed by atoms with Crippen molar-refractivity contribution in [2.75, 3.05) is 23.7 Å². The summed E-state index contributed by atoms with van der Waals surface area (Å²) in [6.45, 7) is 2.00. The summed E-state index contributed by atoms with van der Waals surface area (Å²) in [5.41, 5.74) is 1.96. The Bertz CT molecular complexity index is 481. The third kappa shape index (κ3) is 3.43. The van der Waals surface area contributed by atoms with E-state index in [0.717, 1.165) is 37.2 Å². The second-order valence-corrected chi connectivity index (χ2v) is 5.80. The van der Waals surface area contributed by atoms with Crippen LogP contribution in [0.3, 0.4) is 0 Å². The third-order valence-corrected chi connectivity index (χ3v) is 3.75. The molecule has 17 heavy (non-hydrogen) atoms. The summed E-state index contributed by atoms with van der Waals surface area (Å²) < 4.78 is 33.7. The molecule has 0 atom stereocenters. The summed E-state index contributed by atoms with van der Waals surface area (Å²) in [5.74, 6) is -0.433. The third-order valence-electron chi connectivity index (χ3n) is 3.05. The van der Waals surface area contributed by atoms with Crippen LogP contribution < -0.4 is 4.90 Å². The smallest absolute Gasteiger partial charge is 0.302 e. The Kier molecular flexibility index (Phi) is 3.66. The van der Waals surface area contributed by atoms with Crippen molar-refractivity contribution in [3.63, 3.8) is 0 Å². The Morgan fingerprint density at radius 1 is 1.18 bits per heavy atom. The fourth-order valence-electron chi connectivity index (χ4n) is 2.22. The van der Waals surface area contributed by atoms with Gasteiger partial charge in [0.05, 0.1) is 5.75 Å². The number of benzene rings is 1. The van der Waals surface area contributed by atoms with Crippen LogP contribution in [0, 0.1) is 0 Å². The van der Waals surface area contributed by atoms with Crippen LogP contribution in [0.1, 0.15) is 18.4 Å². The van der Waals surface area contributed by atoms with E-state index < -0.39 is 16.0 Å². The zero-order valence-corrected chi connectivity index (χ0v) is 10.4. The number of hydrogen-bond donors (Lipinski definition) is 0. The molecule has 1 fully saturated rings. The van der Waals surface area contributed by atoms with Gasteiger partial charge in [-0.3, -0.25) is 0 Å². The lowest BCUT2D eigenvalue weighted by Crippen LogP contribution is -2.19. The highest BCUT2D eigenvalue weighted by Gasteiger charge is 2.16. The van der Waals surface area contributed by atoms with Crippen LogP contribution >= 0.6 is 0 Å². The lowest BCUT2D eigenvalue weighted by Gasteiger charge is -2.21. The van der Waals surface area contributed by atoms with Gasteiger partial charge in [0, 0.05) is 18.8 Å². The van der Waals surface area contributed by atoms with Gasteiger partial charge in [0.2, 0.25) is 0 Å². The quantitative estimate of drug-likeness (QED) is 0.775. The van der Waals surface area contributed by atoms with Crippen LogP contribution in [-0.2, 0) is 16.6 Å². The van der Waals surface area contributed by atoms with Crippen molar-refractivity contribution in [2.45, 2.75) is 19.3 Å². The molecule has 1 saturated heterocycles. The molecule has 0 spiro atoms. The van der Waals surface area contributed by atoms with Gasteiger partial charge in [-0.25, -0.2) is 0 Å². The number of rotatable bonds is 4. The number of hydrogen-bond acceptors (Lipinski definition) is 3. The number of nitrogens with zero attached hydrogens (tertiary/aromatic N) is 1. The minimum absolute atomic E-state index is 0.242. The average Bonchev–Trinajstić information content (AvgIpc) is 2.79. The summed E-state index contributed by atoms with van der Waals surface area (Å²) in [7, 11) is -4.38. The highest BCUT2D eigenvalue weighted by molar-refractivity contribution is 7.86. The van der Waals surface area contributed by atoms with E-state index in [1.807, 2.05) is 24.3 Å². The second-order valence-electron chi connectivity index (χ2n) is 4.32. The first kappa shape index (κ1) is 12.4. The Labute approximate surface area is 101 Å². The van der Waals surface area contributed by atoms with E-state index in [1.54, 1.807) is 0 Å². The van der Waals surface area contributed by atoms with Gasteiger partial charge in [0.15, 0.2) is 0 Å². The molecule has 0 radical (unpaired) electrons. The summed E-state index contributed by atoms with van der Waals surface area (Å²) in [6, 6.07) is 7.64. The standard InChI is InChI=1S/C12H16FNO2S/c13-17(15,16)10-7-11-5-1-2-6-12(11)14-8-3-4-9-14/h1-2,5-6H,3-4,7-10H2. The maximum Gasteiger partial charge on any atom is 0.302 e. The summed E-state index contributed by atoms with van der Waals surface area (Å²) in [4.78, 5) is 2.24. The highest BCUT2D eigenvalue weighted by Crippen LogP contribution is 2.25. The molecule has 1 aliphatic rings. The topological polar surface area (TPSA) is 37.4 Å².